The summed E-state index contributed by atoms with van der Waals surface area (Å²) in [5.41, 5.74) is 0. The van der Waals surface area contributed by atoms with E-state index in [2.05, 4.69) is 20.7 Å². The zero-order valence-electron chi connectivity index (χ0n) is 13.1. The largest absolute Gasteiger partial charge is 0.252 e. The van der Waals surface area contributed by atoms with Crippen LogP contribution in [-0.4, -0.2) is 40.3 Å². The third kappa shape index (κ3) is 4.32. The van der Waals surface area contributed by atoms with Crippen molar-refractivity contribution in [1.82, 2.24) is 9.03 Å². The van der Waals surface area contributed by atoms with Crippen molar-refractivity contribution < 1.29 is 16.8 Å². The molecule has 25 heavy (non-hydrogen) atoms. The minimum Gasteiger partial charge on any atom is -0.208 e. The fraction of sp³-hybridized carbons (Fsp3) is 0.333. The van der Waals surface area contributed by atoms with Gasteiger partial charge in [0.25, 0.3) is 10.0 Å². The highest BCUT2D eigenvalue weighted by molar-refractivity contribution is 9.11. The number of piperidine rings is 1. The Labute approximate surface area is 160 Å². The van der Waals surface area contributed by atoms with E-state index in [9.17, 15) is 16.8 Å². The highest BCUT2D eigenvalue weighted by Crippen LogP contribution is 2.30. The number of nitrogens with zero attached hydrogens (tertiary/aromatic N) is 1. The molecule has 6 nitrogen and oxygen atoms in total. The maximum absolute atomic E-state index is 12.6. The summed E-state index contributed by atoms with van der Waals surface area (Å²) >= 11 is 4.44. The third-order valence-corrected chi connectivity index (χ3v) is 9.50. The van der Waals surface area contributed by atoms with Gasteiger partial charge in [0.05, 0.1) is 8.68 Å². The zero-order valence-corrected chi connectivity index (χ0v) is 17.2. The Morgan fingerprint density at radius 3 is 2.20 bits per heavy atom. The van der Waals surface area contributed by atoms with Crippen LogP contribution in [0.5, 0.6) is 0 Å². The molecular weight excluding hydrogens is 448 g/mol. The van der Waals surface area contributed by atoms with Crippen molar-refractivity contribution in [3.8, 4) is 0 Å². The van der Waals surface area contributed by atoms with E-state index < -0.39 is 20.0 Å². The predicted octanol–water partition coefficient (Wildman–Crippen LogP) is 2.64. The normalized spacial score (nSPS) is 17.6. The molecule has 0 radical (unpaired) electrons. The third-order valence-electron chi connectivity index (χ3n) is 3.97. The van der Waals surface area contributed by atoms with E-state index >= 15 is 0 Å². The summed E-state index contributed by atoms with van der Waals surface area (Å²) in [5.74, 6) is 0. The lowest BCUT2D eigenvalue weighted by Gasteiger charge is -2.31. The number of thiophene rings is 1. The summed E-state index contributed by atoms with van der Waals surface area (Å²) < 4.78 is 55.0. The van der Waals surface area contributed by atoms with E-state index in [1.165, 1.54) is 27.8 Å². The minimum absolute atomic E-state index is 0.216. The van der Waals surface area contributed by atoms with E-state index in [0.717, 1.165) is 3.79 Å². The van der Waals surface area contributed by atoms with Gasteiger partial charge in [0.15, 0.2) is 0 Å². The molecule has 1 fully saturated rings. The molecule has 2 heterocycles. The Hall–Kier alpha value is -0.780. The number of rotatable bonds is 5. The summed E-state index contributed by atoms with van der Waals surface area (Å²) in [6.45, 7) is 0.583. The van der Waals surface area contributed by atoms with Crippen molar-refractivity contribution in [3.63, 3.8) is 0 Å². The van der Waals surface area contributed by atoms with Crippen LogP contribution in [0, 0.1) is 0 Å². The van der Waals surface area contributed by atoms with Crippen molar-refractivity contribution in [2.45, 2.75) is 28.0 Å². The molecule has 0 spiro atoms. The Balaban J connectivity index is 1.64. The molecular formula is C15H17BrN2O4S3. The molecule has 1 N–H and O–H groups in total. The first-order valence-corrected chi connectivity index (χ1v) is 12.2. The lowest BCUT2D eigenvalue weighted by molar-refractivity contribution is 0.309. The number of benzene rings is 1. The van der Waals surface area contributed by atoms with Gasteiger partial charge < -0.3 is 0 Å². The zero-order chi connectivity index (χ0) is 18.1. The molecule has 1 aromatic heterocycles. The SMILES string of the molecule is O=S(=O)(NC1CCN(S(=O)(=O)c2ccc(Br)s2)CC1)c1ccccc1. The van der Waals surface area contributed by atoms with Crippen molar-refractivity contribution in [3.05, 3.63) is 46.3 Å². The van der Waals surface area contributed by atoms with Crippen LogP contribution < -0.4 is 4.72 Å². The van der Waals surface area contributed by atoms with Gasteiger partial charge in [0.1, 0.15) is 4.21 Å². The molecule has 0 unspecified atom stereocenters. The molecule has 136 valence electrons. The molecule has 1 aliphatic heterocycles. The molecule has 0 amide bonds. The number of sulfonamides is 2. The van der Waals surface area contributed by atoms with Crippen LogP contribution >= 0.6 is 27.3 Å². The maximum atomic E-state index is 12.6. The number of halogens is 1. The van der Waals surface area contributed by atoms with Gasteiger partial charge in [-0.2, -0.15) is 4.31 Å². The van der Waals surface area contributed by atoms with Crippen LogP contribution in [0.1, 0.15) is 12.8 Å². The van der Waals surface area contributed by atoms with Gasteiger partial charge in [-0.1, -0.05) is 18.2 Å². The lowest BCUT2D eigenvalue weighted by atomic mass is 10.1. The second kappa shape index (κ2) is 7.45. The van der Waals surface area contributed by atoms with Crippen molar-refractivity contribution in [2.75, 3.05) is 13.1 Å². The Morgan fingerprint density at radius 2 is 1.64 bits per heavy atom. The summed E-state index contributed by atoms with van der Waals surface area (Å²) in [6.07, 6.45) is 0.885. The van der Waals surface area contributed by atoms with Crippen molar-refractivity contribution in [2.24, 2.45) is 0 Å². The minimum atomic E-state index is -3.58. The van der Waals surface area contributed by atoms with E-state index in [0.29, 0.717) is 30.1 Å². The smallest absolute Gasteiger partial charge is 0.208 e. The topological polar surface area (TPSA) is 83.6 Å². The number of hydrogen-bond donors (Lipinski definition) is 1. The van der Waals surface area contributed by atoms with Crippen LogP contribution in [0.4, 0.5) is 0 Å². The first-order valence-electron chi connectivity index (χ1n) is 7.62. The molecule has 10 heteroatoms. The molecule has 0 aliphatic carbocycles. The lowest BCUT2D eigenvalue weighted by Crippen LogP contribution is -2.46. The first kappa shape index (κ1) is 19.0. The van der Waals surface area contributed by atoms with E-state index in [1.54, 1.807) is 30.3 Å². The molecule has 0 saturated carbocycles. The van der Waals surface area contributed by atoms with Gasteiger partial charge in [-0.15, -0.1) is 11.3 Å². The Kier molecular flexibility index (Phi) is 5.66. The summed E-state index contributed by atoms with van der Waals surface area (Å²) in [5, 5.41) is 0. The molecule has 0 atom stereocenters. The highest BCUT2D eigenvalue weighted by Gasteiger charge is 2.32. The average molecular weight is 465 g/mol. The van der Waals surface area contributed by atoms with Gasteiger partial charge in [0.2, 0.25) is 10.0 Å². The van der Waals surface area contributed by atoms with Crippen molar-refractivity contribution in [1.29, 1.82) is 0 Å². The van der Waals surface area contributed by atoms with Crippen LogP contribution in [0.15, 0.2) is 55.4 Å². The summed E-state index contributed by atoms with van der Waals surface area (Å²) in [7, 11) is -7.10. The molecule has 1 saturated heterocycles. The van der Waals surface area contributed by atoms with Crippen LogP contribution in [0.3, 0.4) is 0 Å². The van der Waals surface area contributed by atoms with E-state index in [-0.39, 0.29) is 10.9 Å². The fourth-order valence-electron chi connectivity index (χ4n) is 2.66. The number of nitrogens with one attached hydrogen (secondary N) is 1. The fourth-order valence-corrected chi connectivity index (χ4v) is 7.62. The van der Waals surface area contributed by atoms with Crippen molar-refractivity contribution >= 4 is 47.3 Å². The second-order valence-corrected chi connectivity index (χ2v) is 12.0. The molecule has 3 rings (SSSR count). The van der Waals surface area contributed by atoms with Gasteiger partial charge >= 0.3 is 0 Å². The molecule has 0 bridgehead atoms. The Bertz CT molecular complexity index is 934. The summed E-state index contributed by atoms with van der Waals surface area (Å²) in [4.78, 5) is 0.216. The summed E-state index contributed by atoms with van der Waals surface area (Å²) in [6, 6.07) is 11.2. The van der Waals surface area contributed by atoms with Gasteiger partial charge in [0, 0.05) is 19.1 Å². The van der Waals surface area contributed by atoms with Gasteiger partial charge in [-0.3, -0.25) is 0 Å². The van der Waals surface area contributed by atoms with Crippen LogP contribution in [-0.2, 0) is 20.0 Å². The standard InChI is InChI=1S/C15H17BrN2O4S3/c16-14-6-7-15(23-14)25(21,22)18-10-8-12(9-11-18)17-24(19,20)13-4-2-1-3-5-13/h1-7,12,17H,8-11H2. The van der Waals surface area contributed by atoms with E-state index in [4.69, 9.17) is 0 Å². The second-order valence-electron chi connectivity index (χ2n) is 5.67. The van der Waals surface area contributed by atoms with Crippen LogP contribution in [0.25, 0.3) is 0 Å². The van der Waals surface area contributed by atoms with Gasteiger partial charge in [-0.05, 0) is 53.0 Å². The van der Waals surface area contributed by atoms with E-state index in [1.807, 2.05) is 0 Å². The Morgan fingerprint density at radius 1 is 1.00 bits per heavy atom. The molecule has 1 aromatic carbocycles. The maximum Gasteiger partial charge on any atom is 0.252 e. The monoisotopic (exact) mass is 464 g/mol. The number of hydrogen-bond acceptors (Lipinski definition) is 5. The molecule has 1 aliphatic rings. The first-order chi connectivity index (χ1) is 11.8. The highest BCUT2D eigenvalue weighted by atomic mass is 79.9. The molecule has 2 aromatic rings. The quantitative estimate of drug-likeness (QED) is 0.736. The predicted molar refractivity (Wildman–Crippen MR) is 101 cm³/mol. The van der Waals surface area contributed by atoms with Gasteiger partial charge in [-0.25, -0.2) is 21.6 Å². The average Bonchev–Trinajstić information content (AvgIpc) is 3.03. The van der Waals surface area contributed by atoms with Crippen LogP contribution in [0.2, 0.25) is 0 Å².